The molecule has 2 rings (SSSR count). The van der Waals surface area contributed by atoms with Gasteiger partial charge >= 0.3 is 0 Å². The van der Waals surface area contributed by atoms with Crippen LogP contribution in [0.2, 0.25) is 0 Å². The average molecular weight is 261 g/mol. The van der Waals surface area contributed by atoms with Gasteiger partial charge in [-0.3, -0.25) is 4.79 Å². The third-order valence-corrected chi connectivity index (χ3v) is 3.11. The summed E-state index contributed by atoms with van der Waals surface area (Å²) in [5.74, 6) is 0.00677. The molecule has 0 radical (unpaired) electrons. The summed E-state index contributed by atoms with van der Waals surface area (Å²) in [5.41, 5.74) is 4.42. The highest BCUT2D eigenvalue weighted by Gasteiger charge is 2.07. The number of amides is 1. The zero-order chi connectivity index (χ0) is 13.0. The number of hydrogen-bond acceptors (Lipinski definition) is 4. The number of benzene rings is 1. The van der Waals surface area contributed by atoms with Crippen molar-refractivity contribution >= 4 is 22.9 Å². The van der Waals surface area contributed by atoms with Crippen molar-refractivity contribution in [3.63, 3.8) is 0 Å². The second-order valence-corrected chi connectivity index (χ2v) is 4.83. The Kier molecular flexibility index (Phi) is 3.94. The van der Waals surface area contributed by atoms with Crippen LogP contribution in [0.3, 0.4) is 0 Å². The first-order valence-corrected chi connectivity index (χ1v) is 6.54. The van der Waals surface area contributed by atoms with Crippen LogP contribution in [0.15, 0.2) is 35.2 Å². The first-order chi connectivity index (χ1) is 8.66. The Morgan fingerprint density at radius 1 is 1.44 bits per heavy atom. The van der Waals surface area contributed by atoms with Crippen molar-refractivity contribution in [1.82, 2.24) is 9.88 Å². The Morgan fingerprint density at radius 3 is 2.94 bits per heavy atom. The van der Waals surface area contributed by atoms with Gasteiger partial charge < -0.3 is 10.2 Å². The quantitative estimate of drug-likeness (QED) is 0.919. The van der Waals surface area contributed by atoms with Gasteiger partial charge in [-0.25, -0.2) is 4.98 Å². The van der Waals surface area contributed by atoms with Crippen LogP contribution in [-0.4, -0.2) is 29.9 Å². The molecule has 0 spiro atoms. The van der Waals surface area contributed by atoms with Gasteiger partial charge in [-0.15, -0.1) is 11.3 Å². The van der Waals surface area contributed by atoms with Crippen LogP contribution in [0, 0.1) is 0 Å². The van der Waals surface area contributed by atoms with Crippen LogP contribution in [0.25, 0.3) is 0 Å². The van der Waals surface area contributed by atoms with Gasteiger partial charge in [-0.05, 0) is 18.2 Å². The lowest BCUT2D eigenvalue weighted by molar-refractivity contribution is 0.0827. The van der Waals surface area contributed by atoms with E-state index in [2.05, 4.69) is 10.3 Å². The number of anilines is 1. The molecule has 0 aliphatic carbocycles. The highest BCUT2D eigenvalue weighted by molar-refractivity contribution is 7.07. The number of rotatable bonds is 4. The number of hydrogen-bond donors (Lipinski definition) is 1. The lowest BCUT2D eigenvalue weighted by atomic mass is 10.2. The fourth-order valence-electron chi connectivity index (χ4n) is 1.54. The smallest absolute Gasteiger partial charge is 0.253 e. The molecule has 0 saturated heterocycles. The largest absolute Gasteiger partial charge is 0.379 e. The number of nitrogens with zero attached hydrogens (tertiary/aromatic N) is 2. The molecule has 0 fully saturated rings. The molecule has 1 N–H and O–H groups in total. The molecule has 0 aliphatic rings. The van der Waals surface area contributed by atoms with Crippen molar-refractivity contribution in [3.05, 3.63) is 46.4 Å². The Hall–Kier alpha value is -1.88. The predicted molar refractivity (Wildman–Crippen MR) is 73.9 cm³/mol. The summed E-state index contributed by atoms with van der Waals surface area (Å²) in [6.07, 6.45) is 0. The first-order valence-electron chi connectivity index (χ1n) is 5.59. The molecule has 2 aromatic rings. The summed E-state index contributed by atoms with van der Waals surface area (Å²) >= 11 is 1.57. The van der Waals surface area contributed by atoms with Gasteiger partial charge in [0.1, 0.15) is 0 Å². The molecule has 1 amide bonds. The number of nitrogens with one attached hydrogen (secondary N) is 1. The molecular formula is C13H15N3OS. The Bertz CT molecular complexity index is 523. The maximum atomic E-state index is 11.8. The highest BCUT2D eigenvalue weighted by Crippen LogP contribution is 2.13. The van der Waals surface area contributed by atoms with Crippen molar-refractivity contribution in [2.45, 2.75) is 6.54 Å². The number of thiazole rings is 1. The zero-order valence-electron chi connectivity index (χ0n) is 10.4. The molecule has 0 unspecified atom stereocenters. The molecule has 0 saturated carbocycles. The van der Waals surface area contributed by atoms with Gasteiger partial charge in [0.2, 0.25) is 0 Å². The molecular weight excluding hydrogens is 246 g/mol. The summed E-state index contributed by atoms with van der Waals surface area (Å²) in [4.78, 5) is 17.6. The molecule has 4 nitrogen and oxygen atoms in total. The van der Waals surface area contributed by atoms with Crippen LogP contribution >= 0.6 is 11.3 Å². The van der Waals surface area contributed by atoms with E-state index in [1.807, 2.05) is 35.2 Å². The van der Waals surface area contributed by atoms with Crippen LogP contribution in [0.4, 0.5) is 5.69 Å². The fraction of sp³-hybridized carbons (Fsp3) is 0.231. The molecule has 1 heterocycles. The highest BCUT2D eigenvalue weighted by atomic mass is 32.1. The van der Waals surface area contributed by atoms with Crippen LogP contribution in [-0.2, 0) is 6.54 Å². The minimum Gasteiger partial charge on any atom is -0.379 e. The Labute approximate surface area is 110 Å². The van der Waals surface area contributed by atoms with Gasteiger partial charge in [0.15, 0.2) is 0 Å². The van der Waals surface area contributed by atoms with E-state index < -0.39 is 0 Å². The van der Waals surface area contributed by atoms with Crippen molar-refractivity contribution in [2.24, 2.45) is 0 Å². The lowest BCUT2D eigenvalue weighted by Crippen LogP contribution is -2.21. The molecule has 0 aliphatic heterocycles. The third kappa shape index (κ3) is 3.07. The minimum atomic E-state index is 0.00677. The molecule has 5 heteroatoms. The molecule has 1 aromatic heterocycles. The van der Waals surface area contributed by atoms with Crippen LogP contribution < -0.4 is 5.32 Å². The van der Waals surface area contributed by atoms with Gasteiger partial charge in [0.05, 0.1) is 17.7 Å². The van der Waals surface area contributed by atoms with Gasteiger partial charge in [0, 0.05) is 30.7 Å². The van der Waals surface area contributed by atoms with Crippen molar-refractivity contribution in [3.8, 4) is 0 Å². The van der Waals surface area contributed by atoms with Crippen LogP contribution in [0.1, 0.15) is 16.1 Å². The number of aromatic nitrogens is 1. The van der Waals surface area contributed by atoms with E-state index in [-0.39, 0.29) is 5.91 Å². The number of carbonyl (C=O) groups is 1. The maximum Gasteiger partial charge on any atom is 0.253 e. The van der Waals surface area contributed by atoms with Gasteiger partial charge in [0.25, 0.3) is 5.91 Å². The second-order valence-electron chi connectivity index (χ2n) is 4.11. The minimum absolute atomic E-state index is 0.00677. The maximum absolute atomic E-state index is 11.8. The summed E-state index contributed by atoms with van der Waals surface area (Å²) < 4.78 is 0. The molecule has 94 valence electrons. The van der Waals surface area contributed by atoms with E-state index >= 15 is 0 Å². The fourth-order valence-corrected chi connectivity index (χ4v) is 2.10. The second kappa shape index (κ2) is 5.64. The van der Waals surface area contributed by atoms with E-state index in [0.29, 0.717) is 12.1 Å². The SMILES string of the molecule is CN(C)C(=O)c1cccc(NCc2cscn2)c1. The average Bonchev–Trinajstić information content (AvgIpc) is 2.89. The summed E-state index contributed by atoms with van der Waals surface area (Å²) in [7, 11) is 3.50. The third-order valence-electron chi connectivity index (χ3n) is 2.47. The Balaban J connectivity index is 2.05. The van der Waals surface area contributed by atoms with E-state index in [9.17, 15) is 4.79 Å². The normalized spacial score (nSPS) is 10.1. The van der Waals surface area contributed by atoms with Crippen LogP contribution in [0.5, 0.6) is 0 Å². The first kappa shape index (κ1) is 12.6. The summed E-state index contributed by atoms with van der Waals surface area (Å²) in [5, 5.41) is 5.26. The van der Waals surface area contributed by atoms with Crippen molar-refractivity contribution in [1.29, 1.82) is 0 Å². The monoisotopic (exact) mass is 261 g/mol. The van der Waals surface area contributed by atoms with Crippen molar-refractivity contribution in [2.75, 3.05) is 19.4 Å². The van der Waals surface area contributed by atoms with Crippen molar-refractivity contribution < 1.29 is 4.79 Å². The summed E-state index contributed by atoms with van der Waals surface area (Å²) in [6, 6.07) is 7.49. The molecule has 0 bridgehead atoms. The number of carbonyl (C=O) groups excluding carboxylic acids is 1. The zero-order valence-corrected chi connectivity index (χ0v) is 11.2. The van der Waals surface area contributed by atoms with E-state index in [0.717, 1.165) is 11.4 Å². The standard InChI is InChI=1S/C13H15N3OS/c1-16(2)13(17)10-4-3-5-11(6-10)14-7-12-8-18-9-15-12/h3-6,8-9,14H,7H2,1-2H3. The molecule has 1 aromatic carbocycles. The Morgan fingerprint density at radius 2 is 2.28 bits per heavy atom. The summed E-state index contributed by atoms with van der Waals surface area (Å²) in [6.45, 7) is 0.670. The topological polar surface area (TPSA) is 45.2 Å². The van der Waals surface area contributed by atoms with Gasteiger partial charge in [-0.2, -0.15) is 0 Å². The van der Waals surface area contributed by atoms with E-state index in [1.165, 1.54) is 0 Å². The van der Waals surface area contributed by atoms with Gasteiger partial charge in [-0.1, -0.05) is 6.07 Å². The van der Waals surface area contributed by atoms with E-state index in [1.54, 1.807) is 30.3 Å². The predicted octanol–water partition coefficient (Wildman–Crippen LogP) is 2.46. The van der Waals surface area contributed by atoms with E-state index in [4.69, 9.17) is 0 Å². The molecule has 0 atom stereocenters. The lowest BCUT2D eigenvalue weighted by Gasteiger charge is -2.11. The molecule has 18 heavy (non-hydrogen) atoms.